The molecule has 0 aromatic rings. The molecule has 1 amide bonds. The van der Waals surface area contributed by atoms with Crippen molar-refractivity contribution in [2.45, 2.75) is 6.92 Å². The van der Waals surface area contributed by atoms with Crippen LogP contribution in [-0.4, -0.2) is 43.8 Å². The number of sulfone groups is 1. The Morgan fingerprint density at radius 1 is 1.31 bits per heavy atom. The second-order valence-corrected chi connectivity index (χ2v) is 5.12. The number of rotatable bonds is 0. The Balaban J connectivity index is 2.58. The maximum atomic E-state index is 11.2. The van der Waals surface area contributed by atoms with Crippen LogP contribution >= 0.6 is 0 Å². The Hall–Kier alpha value is -1.02. The van der Waals surface area contributed by atoms with Gasteiger partial charge in [0, 0.05) is 13.1 Å². The minimum atomic E-state index is -2.91. The van der Waals surface area contributed by atoms with Crippen molar-refractivity contribution in [1.82, 2.24) is 4.90 Å². The minimum Gasteiger partial charge on any atom is -0.330 e. The van der Waals surface area contributed by atoms with Crippen molar-refractivity contribution in [3.8, 4) is 11.8 Å². The second kappa shape index (κ2) is 3.79. The molecule has 5 heteroatoms. The molecule has 13 heavy (non-hydrogen) atoms. The predicted octanol–water partition coefficient (Wildman–Crippen LogP) is -0.733. The number of carbonyl (C=O) groups is 1. The van der Waals surface area contributed by atoms with E-state index in [0.29, 0.717) is 0 Å². The van der Waals surface area contributed by atoms with Crippen LogP contribution in [0, 0.1) is 11.8 Å². The van der Waals surface area contributed by atoms with Gasteiger partial charge in [-0.05, 0) is 12.8 Å². The van der Waals surface area contributed by atoms with Crippen LogP contribution in [0.3, 0.4) is 0 Å². The van der Waals surface area contributed by atoms with Crippen molar-refractivity contribution in [2.75, 3.05) is 24.6 Å². The van der Waals surface area contributed by atoms with E-state index in [2.05, 4.69) is 11.8 Å². The summed E-state index contributed by atoms with van der Waals surface area (Å²) in [5.41, 5.74) is 0. The van der Waals surface area contributed by atoms with E-state index >= 15 is 0 Å². The Morgan fingerprint density at radius 3 is 2.31 bits per heavy atom. The SMILES string of the molecule is CC#CC(=O)N1CCS(=O)(=O)CC1. The highest BCUT2D eigenvalue weighted by atomic mass is 32.2. The highest BCUT2D eigenvalue weighted by Crippen LogP contribution is 2.03. The molecule has 0 unspecified atom stereocenters. The zero-order chi connectivity index (χ0) is 9.90. The molecule has 1 heterocycles. The smallest absolute Gasteiger partial charge is 0.298 e. The Bertz CT molecular complexity index is 347. The second-order valence-electron chi connectivity index (χ2n) is 2.82. The molecular weight excluding hydrogens is 190 g/mol. The van der Waals surface area contributed by atoms with Gasteiger partial charge >= 0.3 is 0 Å². The zero-order valence-corrected chi connectivity index (χ0v) is 8.23. The van der Waals surface area contributed by atoms with Gasteiger partial charge in [-0.2, -0.15) is 0 Å². The van der Waals surface area contributed by atoms with Gasteiger partial charge in [-0.25, -0.2) is 8.42 Å². The van der Waals surface area contributed by atoms with Crippen molar-refractivity contribution in [3.05, 3.63) is 0 Å². The fourth-order valence-electron chi connectivity index (χ4n) is 1.10. The van der Waals surface area contributed by atoms with E-state index in [4.69, 9.17) is 0 Å². The molecule has 0 bridgehead atoms. The van der Waals surface area contributed by atoms with Crippen molar-refractivity contribution in [1.29, 1.82) is 0 Å². The van der Waals surface area contributed by atoms with Crippen LogP contribution in [0.15, 0.2) is 0 Å². The standard InChI is InChI=1S/C8H11NO3S/c1-2-3-8(10)9-4-6-13(11,12)7-5-9/h4-7H2,1H3. The van der Waals surface area contributed by atoms with E-state index in [0.717, 1.165) is 0 Å². The highest BCUT2D eigenvalue weighted by molar-refractivity contribution is 7.91. The molecule has 1 rings (SSSR count). The lowest BCUT2D eigenvalue weighted by atomic mass is 10.4. The maximum Gasteiger partial charge on any atom is 0.298 e. The first-order valence-electron chi connectivity index (χ1n) is 3.97. The van der Waals surface area contributed by atoms with Crippen LogP contribution in [0.5, 0.6) is 0 Å². The first-order chi connectivity index (χ1) is 6.05. The molecule has 0 aromatic carbocycles. The van der Waals surface area contributed by atoms with Gasteiger partial charge in [0.05, 0.1) is 11.5 Å². The first kappa shape index (κ1) is 10.1. The summed E-state index contributed by atoms with van der Waals surface area (Å²) in [6, 6.07) is 0. The lowest BCUT2D eigenvalue weighted by molar-refractivity contribution is -0.124. The van der Waals surface area contributed by atoms with Gasteiger partial charge in [-0.1, -0.05) is 5.92 Å². The molecule has 0 N–H and O–H groups in total. The number of amides is 1. The normalized spacial score (nSPS) is 20.2. The van der Waals surface area contributed by atoms with Crippen LogP contribution in [0.2, 0.25) is 0 Å². The van der Waals surface area contributed by atoms with Crippen LogP contribution in [0.1, 0.15) is 6.92 Å². The topological polar surface area (TPSA) is 54.5 Å². The van der Waals surface area contributed by atoms with Gasteiger partial charge in [0.1, 0.15) is 0 Å². The maximum absolute atomic E-state index is 11.2. The molecule has 4 nitrogen and oxygen atoms in total. The third kappa shape index (κ3) is 2.74. The van der Waals surface area contributed by atoms with Crippen LogP contribution in [-0.2, 0) is 14.6 Å². The van der Waals surface area contributed by atoms with Crippen LogP contribution in [0.4, 0.5) is 0 Å². The van der Waals surface area contributed by atoms with Gasteiger partial charge in [-0.15, -0.1) is 0 Å². The average molecular weight is 201 g/mol. The van der Waals surface area contributed by atoms with Crippen molar-refractivity contribution in [2.24, 2.45) is 0 Å². The molecule has 1 saturated heterocycles. The molecule has 0 atom stereocenters. The summed E-state index contributed by atoms with van der Waals surface area (Å²) in [4.78, 5) is 12.6. The molecule has 1 aliphatic rings. The van der Waals surface area contributed by atoms with E-state index in [9.17, 15) is 13.2 Å². The zero-order valence-electron chi connectivity index (χ0n) is 7.41. The minimum absolute atomic E-state index is 0.0597. The van der Waals surface area contributed by atoms with E-state index < -0.39 is 9.84 Å². The van der Waals surface area contributed by atoms with Gasteiger partial charge in [-0.3, -0.25) is 4.79 Å². The summed E-state index contributed by atoms with van der Waals surface area (Å²) in [5, 5.41) is 0. The molecule has 0 radical (unpaired) electrons. The van der Waals surface area contributed by atoms with Crippen LogP contribution in [0.25, 0.3) is 0 Å². The van der Waals surface area contributed by atoms with Gasteiger partial charge in [0.2, 0.25) is 0 Å². The third-order valence-electron chi connectivity index (χ3n) is 1.86. The summed E-state index contributed by atoms with van der Waals surface area (Å²) in [6.45, 7) is 2.13. The lowest BCUT2D eigenvalue weighted by Gasteiger charge is -2.24. The van der Waals surface area contributed by atoms with Crippen molar-refractivity contribution >= 4 is 15.7 Å². The molecule has 0 aromatic heterocycles. The largest absolute Gasteiger partial charge is 0.330 e. The van der Waals surface area contributed by atoms with Gasteiger partial charge in [0.25, 0.3) is 5.91 Å². The number of nitrogens with zero attached hydrogens (tertiary/aromatic N) is 1. The predicted molar refractivity (Wildman–Crippen MR) is 48.7 cm³/mol. The first-order valence-corrected chi connectivity index (χ1v) is 5.79. The van der Waals surface area contributed by atoms with E-state index in [1.165, 1.54) is 4.90 Å². The molecule has 1 fully saturated rings. The molecule has 1 aliphatic heterocycles. The van der Waals surface area contributed by atoms with Crippen molar-refractivity contribution in [3.63, 3.8) is 0 Å². The molecule has 0 spiro atoms. The fraction of sp³-hybridized carbons (Fsp3) is 0.625. The van der Waals surface area contributed by atoms with Gasteiger partial charge < -0.3 is 4.90 Å². The number of hydrogen-bond acceptors (Lipinski definition) is 3. The molecule has 72 valence electrons. The average Bonchev–Trinajstić information content (AvgIpc) is 2.04. The van der Waals surface area contributed by atoms with E-state index in [1.807, 2.05) is 0 Å². The molecule has 0 saturated carbocycles. The third-order valence-corrected chi connectivity index (χ3v) is 3.47. The van der Waals surface area contributed by atoms with E-state index in [1.54, 1.807) is 6.92 Å². The fourth-order valence-corrected chi connectivity index (χ4v) is 2.30. The summed E-state index contributed by atoms with van der Waals surface area (Å²) >= 11 is 0. The summed E-state index contributed by atoms with van der Waals surface area (Å²) < 4.78 is 22.0. The number of hydrogen-bond donors (Lipinski definition) is 0. The molecular formula is C8H11NO3S. The Kier molecular flexibility index (Phi) is 2.94. The quantitative estimate of drug-likeness (QED) is 0.485. The van der Waals surface area contributed by atoms with E-state index in [-0.39, 0.29) is 30.5 Å². The Morgan fingerprint density at radius 2 is 1.85 bits per heavy atom. The summed E-state index contributed by atoms with van der Waals surface area (Å²) in [6.07, 6.45) is 0. The van der Waals surface area contributed by atoms with Gasteiger partial charge in [0.15, 0.2) is 9.84 Å². The Labute approximate surface area is 77.8 Å². The monoisotopic (exact) mass is 201 g/mol. The molecule has 0 aliphatic carbocycles. The highest BCUT2D eigenvalue weighted by Gasteiger charge is 2.23. The van der Waals surface area contributed by atoms with Crippen LogP contribution < -0.4 is 0 Å². The summed E-state index contributed by atoms with van der Waals surface area (Å²) in [7, 11) is -2.91. The summed E-state index contributed by atoms with van der Waals surface area (Å²) in [5.74, 6) is 4.72. The lowest BCUT2D eigenvalue weighted by Crippen LogP contribution is -2.43. The van der Waals surface area contributed by atoms with Crippen molar-refractivity contribution < 1.29 is 13.2 Å². The number of carbonyl (C=O) groups excluding carboxylic acids is 1.